The summed E-state index contributed by atoms with van der Waals surface area (Å²) in [5, 5.41) is 3.48. The first-order valence-corrected chi connectivity index (χ1v) is 10.7. The number of carbonyl (C=O) groups is 1. The van der Waals surface area contributed by atoms with Crippen molar-refractivity contribution in [3.63, 3.8) is 0 Å². The molecule has 0 unspecified atom stereocenters. The highest BCUT2D eigenvalue weighted by atomic mass is 35.5. The van der Waals surface area contributed by atoms with E-state index in [4.69, 9.17) is 20.4 Å². The van der Waals surface area contributed by atoms with Gasteiger partial charge in [-0.3, -0.25) is 9.69 Å². The molecule has 0 radical (unpaired) electrons. The van der Waals surface area contributed by atoms with Crippen LogP contribution >= 0.6 is 11.6 Å². The molecule has 1 amide bonds. The number of halogens is 1. The summed E-state index contributed by atoms with van der Waals surface area (Å²) in [6, 6.07) is 21.7. The van der Waals surface area contributed by atoms with Crippen molar-refractivity contribution < 1.29 is 13.6 Å². The first-order valence-electron chi connectivity index (χ1n) is 10.4. The van der Waals surface area contributed by atoms with E-state index in [1.165, 1.54) is 11.8 Å². The molecule has 0 bridgehead atoms. The van der Waals surface area contributed by atoms with E-state index in [-0.39, 0.29) is 17.6 Å². The zero-order valence-electron chi connectivity index (χ0n) is 17.7. The Bertz CT molecular complexity index is 1140. The molecule has 0 saturated heterocycles. The minimum Gasteiger partial charge on any atom is -0.467 e. The molecule has 0 aliphatic rings. The Morgan fingerprint density at radius 3 is 2.66 bits per heavy atom. The van der Waals surface area contributed by atoms with Crippen LogP contribution in [-0.4, -0.2) is 15.8 Å². The first kappa shape index (κ1) is 21.9. The van der Waals surface area contributed by atoms with Crippen LogP contribution in [0.15, 0.2) is 88.1 Å². The zero-order valence-corrected chi connectivity index (χ0v) is 18.5. The number of rotatable bonds is 9. The van der Waals surface area contributed by atoms with Gasteiger partial charge in [0.05, 0.1) is 19.4 Å². The molecule has 0 aliphatic heterocycles. The second-order valence-electron chi connectivity index (χ2n) is 7.51. The smallest absolute Gasteiger partial charge is 0.273 e. The first-order chi connectivity index (χ1) is 15.6. The van der Waals surface area contributed by atoms with Gasteiger partial charge < -0.3 is 14.2 Å². The van der Waals surface area contributed by atoms with Crippen LogP contribution in [0.4, 0.5) is 0 Å². The molecule has 1 atom stereocenters. The molecule has 0 spiro atoms. The summed E-state index contributed by atoms with van der Waals surface area (Å²) in [6.45, 7) is 3.52. The van der Waals surface area contributed by atoms with Crippen molar-refractivity contribution in [3.05, 3.63) is 113 Å². The van der Waals surface area contributed by atoms with Crippen molar-refractivity contribution in [2.75, 3.05) is 0 Å². The zero-order chi connectivity index (χ0) is 22.3. The maximum absolute atomic E-state index is 12.4. The summed E-state index contributed by atoms with van der Waals surface area (Å²) in [4.78, 5) is 19.1. The molecule has 0 aliphatic carbocycles. The van der Waals surface area contributed by atoms with Gasteiger partial charge in [0.25, 0.3) is 5.91 Å². The lowest BCUT2D eigenvalue weighted by Crippen LogP contribution is -2.27. The number of furan rings is 1. The van der Waals surface area contributed by atoms with Crippen molar-refractivity contribution in [1.29, 1.82) is 0 Å². The number of nitrogens with one attached hydrogen (secondary N) is 1. The number of aromatic nitrogens is 1. The molecule has 2 aromatic carbocycles. The van der Waals surface area contributed by atoms with Crippen molar-refractivity contribution in [3.8, 4) is 0 Å². The van der Waals surface area contributed by atoms with E-state index in [9.17, 15) is 4.79 Å². The molecule has 164 valence electrons. The highest BCUT2D eigenvalue weighted by Crippen LogP contribution is 2.25. The third kappa shape index (κ3) is 5.66. The van der Waals surface area contributed by atoms with Gasteiger partial charge in [-0.15, -0.1) is 0 Å². The predicted molar refractivity (Wildman–Crippen MR) is 122 cm³/mol. The Morgan fingerprint density at radius 2 is 1.91 bits per heavy atom. The molecular weight excluding hydrogens is 426 g/mol. The van der Waals surface area contributed by atoms with Gasteiger partial charge >= 0.3 is 0 Å². The maximum Gasteiger partial charge on any atom is 0.273 e. The van der Waals surface area contributed by atoms with Crippen LogP contribution in [0.3, 0.4) is 0 Å². The van der Waals surface area contributed by atoms with Gasteiger partial charge in [0, 0.05) is 17.6 Å². The monoisotopic (exact) mass is 449 g/mol. The summed E-state index contributed by atoms with van der Waals surface area (Å²) >= 11 is 6.19. The Kier molecular flexibility index (Phi) is 7.04. The third-order valence-electron chi connectivity index (χ3n) is 5.23. The molecule has 0 fully saturated rings. The number of hydrogen-bond donors (Lipinski definition) is 1. The van der Waals surface area contributed by atoms with Gasteiger partial charge in [0.15, 0.2) is 5.69 Å². The summed E-state index contributed by atoms with van der Waals surface area (Å²) in [6.07, 6.45) is 2.95. The summed E-state index contributed by atoms with van der Waals surface area (Å²) in [7, 11) is 0. The number of oxazole rings is 1. The highest BCUT2D eigenvalue weighted by molar-refractivity contribution is 6.30. The molecule has 7 heteroatoms. The van der Waals surface area contributed by atoms with E-state index in [2.05, 4.69) is 34.3 Å². The number of benzene rings is 2. The number of carbonyl (C=O) groups excluding carboxylic acids is 1. The molecule has 4 rings (SSSR count). The fraction of sp³-hybridized carbons (Fsp3) is 0.200. The second-order valence-corrected chi connectivity index (χ2v) is 7.95. The standard InChI is InChI=1S/C25H24ClN3O3/c1-18(20-8-3-2-4-9-20)29(15-19-7-5-10-21(26)13-19)16-24-28-23(17-32-24)25(30)27-14-22-11-6-12-31-22/h2-13,17-18H,14-16H2,1H3,(H,27,30)/t18-/m0/s1. The van der Waals surface area contributed by atoms with E-state index in [0.29, 0.717) is 36.3 Å². The van der Waals surface area contributed by atoms with E-state index >= 15 is 0 Å². The molecule has 2 aromatic heterocycles. The average Bonchev–Trinajstić information content (AvgIpc) is 3.49. The van der Waals surface area contributed by atoms with Crippen LogP contribution in [0.2, 0.25) is 5.02 Å². The molecule has 6 nitrogen and oxygen atoms in total. The Morgan fingerprint density at radius 1 is 1.06 bits per heavy atom. The van der Waals surface area contributed by atoms with Crippen molar-refractivity contribution >= 4 is 17.5 Å². The lowest BCUT2D eigenvalue weighted by molar-refractivity contribution is 0.0943. The number of amides is 1. The SMILES string of the molecule is C[C@@H](c1ccccc1)N(Cc1cccc(Cl)c1)Cc1nc(C(=O)NCc2ccco2)co1. The summed E-state index contributed by atoms with van der Waals surface area (Å²) < 4.78 is 10.9. The summed E-state index contributed by atoms with van der Waals surface area (Å²) in [5.41, 5.74) is 2.50. The van der Waals surface area contributed by atoms with Crippen LogP contribution in [0.5, 0.6) is 0 Å². The molecule has 32 heavy (non-hydrogen) atoms. The predicted octanol–water partition coefficient (Wildman–Crippen LogP) is 5.61. The molecule has 1 N–H and O–H groups in total. The van der Waals surface area contributed by atoms with Crippen LogP contribution in [0.1, 0.15) is 46.2 Å². The second kappa shape index (κ2) is 10.3. The van der Waals surface area contributed by atoms with Crippen LogP contribution < -0.4 is 5.32 Å². The normalized spacial score (nSPS) is 12.1. The number of hydrogen-bond acceptors (Lipinski definition) is 5. The largest absolute Gasteiger partial charge is 0.467 e. The van der Waals surface area contributed by atoms with E-state index < -0.39 is 0 Å². The third-order valence-corrected chi connectivity index (χ3v) is 5.47. The molecule has 4 aromatic rings. The molecule has 2 heterocycles. The highest BCUT2D eigenvalue weighted by Gasteiger charge is 2.20. The fourth-order valence-corrected chi connectivity index (χ4v) is 3.69. The minimum atomic E-state index is -0.311. The van der Waals surface area contributed by atoms with Crippen molar-refractivity contribution in [2.24, 2.45) is 0 Å². The Balaban J connectivity index is 1.48. The Labute approximate surface area is 191 Å². The average molecular weight is 450 g/mol. The van der Waals surface area contributed by atoms with Crippen molar-refractivity contribution in [1.82, 2.24) is 15.2 Å². The fourth-order valence-electron chi connectivity index (χ4n) is 3.47. The summed E-state index contributed by atoms with van der Waals surface area (Å²) in [5.74, 6) is 0.832. The van der Waals surface area contributed by atoms with Gasteiger partial charge in [-0.05, 0) is 42.3 Å². The van der Waals surface area contributed by atoms with Crippen molar-refractivity contribution in [2.45, 2.75) is 32.6 Å². The van der Waals surface area contributed by atoms with Crippen LogP contribution in [0.25, 0.3) is 0 Å². The van der Waals surface area contributed by atoms with E-state index in [1.807, 2.05) is 42.5 Å². The van der Waals surface area contributed by atoms with Gasteiger partial charge in [0.2, 0.25) is 5.89 Å². The quantitative estimate of drug-likeness (QED) is 0.359. The van der Waals surface area contributed by atoms with Gasteiger partial charge in [0.1, 0.15) is 12.0 Å². The van der Waals surface area contributed by atoms with Gasteiger partial charge in [-0.1, -0.05) is 54.1 Å². The molecule has 0 saturated carbocycles. The van der Waals surface area contributed by atoms with Crippen LogP contribution in [0, 0.1) is 0 Å². The number of nitrogens with zero attached hydrogens (tertiary/aromatic N) is 2. The van der Waals surface area contributed by atoms with E-state index in [1.54, 1.807) is 18.4 Å². The van der Waals surface area contributed by atoms with Gasteiger partial charge in [-0.25, -0.2) is 4.98 Å². The van der Waals surface area contributed by atoms with E-state index in [0.717, 1.165) is 5.56 Å². The minimum absolute atomic E-state index is 0.0957. The van der Waals surface area contributed by atoms with Gasteiger partial charge in [-0.2, -0.15) is 0 Å². The Hall–Kier alpha value is -3.35. The topological polar surface area (TPSA) is 71.5 Å². The molecular formula is C25H24ClN3O3. The maximum atomic E-state index is 12.4. The van der Waals surface area contributed by atoms with Crippen LogP contribution in [-0.2, 0) is 19.6 Å². The lowest BCUT2D eigenvalue weighted by Gasteiger charge is -2.28. The lowest BCUT2D eigenvalue weighted by atomic mass is 10.1.